The van der Waals surface area contributed by atoms with Gasteiger partial charge in [-0.3, -0.25) is 9.36 Å². The first-order chi connectivity index (χ1) is 17.5. The summed E-state index contributed by atoms with van der Waals surface area (Å²) in [6, 6.07) is -0.891. The van der Waals surface area contributed by atoms with Crippen molar-refractivity contribution in [3.05, 3.63) is 24.3 Å². The number of carbonyl (C=O) groups is 1. The van der Waals surface area contributed by atoms with Gasteiger partial charge in [0.05, 0.1) is 39.9 Å². The highest BCUT2D eigenvalue weighted by molar-refractivity contribution is 7.45. The van der Waals surface area contributed by atoms with Gasteiger partial charge in [-0.2, -0.15) is 0 Å². The number of likely N-dealkylation sites (N-methyl/N-ethyl adjacent to an activating group) is 1. The van der Waals surface area contributed by atoms with E-state index in [1.807, 2.05) is 27.2 Å². The lowest BCUT2D eigenvalue weighted by Crippen LogP contribution is -2.45. The Hall–Kier alpha value is -1.02. The van der Waals surface area contributed by atoms with Crippen LogP contribution in [0, 0.1) is 0 Å². The molecular formula is C28H55N2O6P. The van der Waals surface area contributed by atoms with Crippen molar-refractivity contribution in [3.8, 4) is 0 Å². The molecule has 0 spiro atoms. The largest absolute Gasteiger partial charge is 0.756 e. The van der Waals surface area contributed by atoms with Crippen molar-refractivity contribution in [3.63, 3.8) is 0 Å². The first kappa shape index (κ1) is 36.0. The third-order valence-corrected chi connectivity index (χ3v) is 6.88. The topological polar surface area (TPSA) is 108 Å². The van der Waals surface area contributed by atoms with Gasteiger partial charge in [-0.1, -0.05) is 83.1 Å². The summed E-state index contributed by atoms with van der Waals surface area (Å²) >= 11 is 0. The highest BCUT2D eigenvalue weighted by atomic mass is 31.2. The van der Waals surface area contributed by atoms with Crippen molar-refractivity contribution < 1.29 is 32.9 Å². The molecule has 8 nitrogen and oxygen atoms in total. The molecule has 1 amide bonds. The summed E-state index contributed by atoms with van der Waals surface area (Å²) in [4.78, 5) is 24.7. The average molecular weight is 547 g/mol. The number of aliphatic hydroxyl groups excluding tert-OH is 1. The van der Waals surface area contributed by atoms with Crippen LogP contribution < -0.4 is 10.2 Å². The maximum absolute atomic E-state index is 12.5. The number of hydrogen-bond acceptors (Lipinski definition) is 6. The molecule has 0 fully saturated rings. The molecule has 0 aliphatic carbocycles. The number of nitrogens with zero attached hydrogens (tertiary/aromatic N) is 1. The molecule has 2 N–H and O–H groups in total. The molecule has 0 saturated heterocycles. The summed E-state index contributed by atoms with van der Waals surface area (Å²) in [5.74, 6) is -0.224. The average Bonchev–Trinajstić information content (AvgIpc) is 2.81. The lowest BCUT2D eigenvalue weighted by atomic mass is 10.1. The van der Waals surface area contributed by atoms with Crippen LogP contribution in [-0.4, -0.2) is 68.5 Å². The predicted octanol–water partition coefficient (Wildman–Crippen LogP) is 5.26. The quantitative estimate of drug-likeness (QED) is 0.0740. The van der Waals surface area contributed by atoms with Gasteiger partial charge in [0.25, 0.3) is 7.82 Å². The Morgan fingerprint density at radius 2 is 1.51 bits per heavy atom. The molecule has 0 aromatic rings. The Bertz CT molecular complexity index is 678. The lowest BCUT2D eigenvalue weighted by Gasteiger charge is -2.29. The summed E-state index contributed by atoms with van der Waals surface area (Å²) in [5.41, 5.74) is 0. The zero-order valence-electron chi connectivity index (χ0n) is 24.2. The molecule has 3 atom stereocenters. The monoisotopic (exact) mass is 546 g/mol. The van der Waals surface area contributed by atoms with Crippen molar-refractivity contribution in [2.75, 3.05) is 40.9 Å². The molecule has 0 aliphatic heterocycles. The van der Waals surface area contributed by atoms with E-state index in [0.29, 0.717) is 17.4 Å². The van der Waals surface area contributed by atoms with Crippen LogP contribution in [-0.2, 0) is 18.4 Å². The van der Waals surface area contributed by atoms with Gasteiger partial charge in [0, 0.05) is 6.42 Å². The van der Waals surface area contributed by atoms with Gasteiger partial charge in [-0.15, -0.1) is 0 Å². The molecule has 3 unspecified atom stereocenters. The lowest BCUT2D eigenvalue weighted by molar-refractivity contribution is -0.870. The Kier molecular flexibility index (Phi) is 21.3. The van der Waals surface area contributed by atoms with E-state index in [1.165, 1.54) is 38.5 Å². The number of phosphoric ester groups is 1. The van der Waals surface area contributed by atoms with E-state index in [2.05, 4.69) is 31.3 Å². The molecule has 218 valence electrons. The fourth-order valence-electron chi connectivity index (χ4n) is 3.52. The van der Waals surface area contributed by atoms with Gasteiger partial charge in [-0.05, 0) is 32.1 Å². The van der Waals surface area contributed by atoms with Crippen molar-refractivity contribution in [2.24, 2.45) is 0 Å². The Balaban J connectivity index is 4.80. The minimum atomic E-state index is -4.56. The van der Waals surface area contributed by atoms with Crippen LogP contribution in [0.2, 0.25) is 0 Å². The number of rotatable bonds is 24. The van der Waals surface area contributed by atoms with Crippen LogP contribution in [0.5, 0.6) is 0 Å². The number of aliphatic hydroxyl groups is 1. The van der Waals surface area contributed by atoms with E-state index < -0.39 is 26.6 Å². The molecule has 0 rings (SSSR count). The molecule has 0 radical (unpaired) electrons. The second-order valence-electron chi connectivity index (χ2n) is 10.7. The number of allylic oxidation sites excluding steroid dienone is 3. The first-order valence-corrected chi connectivity index (χ1v) is 15.7. The maximum Gasteiger partial charge on any atom is 0.268 e. The van der Waals surface area contributed by atoms with Crippen LogP contribution in [0.4, 0.5) is 0 Å². The molecule has 9 heteroatoms. The van der Waals surface area contributed by atoms with Gasteiger partial charge in [-0.25, -0.2) is 0 Å². The number of phosphoric acid groups is 1. The third-order valence-electron chi connectivity index (χ3n) is 5.91. The van der Waals surface area contributed by atoms with Crippen molar-refractivity contribution >= 4 is 13.7 Å². The normalized spacial score (nSPS) is 15.8. The summed E-state index contributed by atoms with van der Waals surface area (Å²) in [7, 11) is 1.23. The smallest absolute Gasteiger partial charge is 0.268 e. The van der Waals surface area contributed by atoms with E-state index in [4.69, 9.17) is 9.05 Å². The second-order valence-corrected chi connectivity index (χ2v) is 12.2. The molecular weight excluding hydrogens is 491 g/mol. The zero-order valence-corrected chi connectivity index (χ0v) is 25.1. The molecule has 0 heterocycles. The molecule has 0 aromatic heterocycles. The SMILES string of the molecule is CCCCC/C=C/CC/C=C/C(O)C(COP(=O)([O-])OCC[N+](C)(C)C)NC(=O)CCCCCCCC. The van der Waals surface area contributed by atoms with Crippen molar-refractivity contribution in [2.45, 2.75) is 109 Å². The third kappa shape index (κ3) is 23.8. The molecule has 0 aromatic carbocycles. The van der Waals surface area contributed by atoms with Crippen LogP contribution in [0.15, 0.2) is 24.3 Å². The molecule has 37 heavy (non-hydrogen) atoms. The number of hydrogen-bond donors (Lipinski definition) is 2. The number of unbranched alkanes of at least 4 members (excludes halogenated alkanes) is 9. The number of nitrogens with one attached hydrogen (secondary N) is 1. The van der Waals surface area contributed by atoms with E-state index in [-0.39, 0.29) is 12.5 Å². The molecule has 0 bridgehead atoms. The second kappa shape index (κ2) is 21.9. The van der Waals surface area contributed by atoms with E-state index in [0.717, 1.165) is 38.5 Å². The molecule has 0 aliphatic rings. The van der Waals surface area contributed by atoms with Crippen LogP contribution in [0.25, 0.3) is 0 Å². The van der Waals surface area contributed by atoms with Gasteiger partial charge in [0.1, 0.15) is 13.2 Å². The highest BCUT2D eigenvalue weighted by Gasteiger charge is 2.23. The highest BCUT2D eigenvalue weighted by Crippen LogP contribution is 2.38. The van der Waals surface area contributed by atoms with Crippen LogP contribution >= 0.6 is 7.82 Å². The van der Waals surface area contributed by atoms with Gasteiger partial charge < -0.3 is 28.8 Å². The fraction of sp³-hybridized carbons (Fsp3) is 0.821. The minimum absolute atomic E-state index is 0.00620. The maximum atomic E-state index is 12.5. The van der Waals surface area contributed by atoms with Gasteiger partial charge >= 0.3 is 0 Å². The van der Waals surface area contributed by atoms with E-state index >= 15 is 0 Å². The summed E-state index contributed by atoms with van der Waals surface area (Å²) in [5, 5.41) is 13.4. The van der Waals surface area contributed by atoms with Crippen LogP contribution in [0.3, 0.4) is 0 Å². The predicted molar refractivity (Wildman–Crippen MR) is 150 cm³/mol. The van der Waals surface area contributed by atoms with Crippen LogP contribution in [0.1, 0.15) is 97.3 Å². The van der Waals surface area contributed by atoms with Gasteiger partial charge in [0.2, 0.25) is 5.91 Å². The summed E-state index contributed by atoms with van der Waals surface area (Å²) < 4.78 is 22.8. The Labute approximate surface area is 226 Å². The summed E-state index contributed by atoms with van der Waals surface area (Å²) in [6.45, 7) is 4.44. The van der Waals surface area contributed by atoms with Crippen molar-refractivity contribution in [1.29, 1.82) is 0 Å². The first-order valence-electron chi connectivity index (χ1n) is 14.2. The minimum Gasteiger partial charge on any atom is -0.756 e. The zero-order chi connectivity index (χ0) is 28.0. The van der Waals surface area contributed by atoms with Crippen molar-refractivity contribution in [1.82, 2.24) is 5.32 Å². The van der Waals surface area contributed by atoms with E-state index in [1.54, 1.807) is 6.08 Å². The van der Waals surface area contributed by atoms with E-state index in [9.17, 15) is 19.4 Å². The number of amides is 1. The molecule has 0 saturated carbocycles. The fourth-order valence-corrected chi connectivity index (χ4v) is 4.24. The Morgan fingerprint density at radius 3 is 2.19 bits per heavy atom. The number of quaternary nitrogens is 1. The summed E-state index contributed by atoms with van der Waals surface area (Å²) in [6.07, 6.45) is 19.7. The Morgan fingerprint density at radius 1 is 0.919 bits per heavy atom. The standard InChI is InChI=1S/C28H55N2O6P/c1-6-8-10-12-14-15-16-17-19-21-27(31)26(29-28(32)22-20-18-13-11-9-7-2)25-36-37(33,34)35-24-23-30(3,4)5/h14-15,19,21,26-27,31H,6-13,16-18,20,22-25H2,1-5H3,(H-,29,32,33,34)/b15-14+,21-19+. The number of carbonyl (C=O) groups excluding carboxylic acids is 1. The van der Waals surface area contributed by atoms with Gasteiger partial charge in [0.15, 0.2) is 0 Å².